The summed E-state index contributed by atoms with van der Waals surface area (Å²) < 4.78 is 1.65. The zero-order chi connectivity index (χ0) is 21.5. The Morgan fingerprint density at radius 2 is 1.77 bits per heavy atom. The number of anilines is 1. The van der Waals surface area contributed by atoms with Gasteiger partial charge >= 0.3 is 0 Å². The van der Waals surface area contributed by atoms with Gasteiger partial charge in [-0.25, -0.2) is 0 Å². The SMILES string of the molecule is CCCc1cc[n+](C(C(=S)Nc2ccccc2)=C([O-])c2cccc([N+](=O)[O-])c2)cc1. The van der Waals surface area contributed by atoms with Gasteiger partial charge in [0.05, 0.1) is 4.92 Å². The van der Waals surface area contributed by atoms with E-state index in [1.807, 2.05) is 42.5 Å². The third kappa shape index (κ3) is 5.07. The number of pyridine rings is 1. The van der Waals surface area contributed by atoms with Crippen LogP contribution < -0.4 is 15.0 Å². The molecule has 152 valence electrons. The minimum absolute atomic E-state index is 0.148. The van der Waals surface area contributed by atoms with Crippen LogP contribution in [0.25, 0.3) is 11.5 Å². The minimum Gasteiger partial charge on any atom is -0.867 e. The highest BCUT2D eigenvalue weighted by molar-refractivity contribution is 7.81. The molecule has 1 heterocycles. The van der Waals surface area contributed by atoms with Gasteiger partial charge in [0, 0.05) is 30.0 Å². The highest BCUT2D eigenvalue weighted by atomic mass is 32.1. The smallest absolute Gasteiger partial charge is 0.270 e. The molecular formula is C23H21N3O3S. The summed E-state index contributed by atoms with van der Waals surface area (Å²) in [5, 5.41) is 27.6. The summed E-state index contributed by atoms with van der Waals surface area (Å²) in [4.78, 5) is 10.8. The fraction of sp³-hybridized carbons (Fsp3) is 0.130. The summed E-state index contributed by atoms with van der Waals surface area (Å²) >= 11 is 5.56. The second-order valence-corrected chi connectivity index (χ2v) is 7.08. The van der Waals surface area contributed by atoms with E-state index in [1.165, 1.54) is 18.2 Å². The molecule has 0 fully saturated rings. The molecule has 3 aromatic rings. The maximum absolute atomic E-state index is 13.4. The van der Waals surface area contributed by atoms with Crippen molar-refractivity contribution in [3.8, 4) is 0 Å². The Balaban J connectivity index is 2.08. The lowest BCUT2D eigenvalue weighted by molar-refractivity contribution is -0.577. The third-order valence-corrected chi connectivity index (χ3v) is 4.77. The molecule has 6 nitrogen and oxygen atoms in total. The molecule has 7 heteroatoms. The lowest BCUT2D eigenvalue weighted by atomic mass is 10.1. The second kappa shape index (κ2) is 9.76. The number of hydrogen-bond acceptors (Lipinski definition) is 4. The van der Waals surface area contributed by atoms with Crippen LogP contribution in [0.15, 0.2) is 79.1 Å². The van der Waals surface area contributed by atoms with Crippen molar-refractivity contribution in [1.29, 1.82) is 0 Å². The molecule has 0 amide bonds. The fourth-order valence-corrected chi connectivity index (χ4v) is 3.32. The maximum atomic E-state index is 13.4. The molecule has 0 atom stereocenters. The van der Waals surface area contributed by atoms with E-state index in [4.69, 9.17) is 12.2 Å². The third-order valence-electron chi connectivity index (χ3n) is 4.48. The fourth-order valence-electron chi connectivity index (χ4n) is 3.01. The van der Waals surface area contributed by atoms with E-state index in [9.17, 15) is 15.2 Å². The number of para-hydroxylation sites is 1. The first-order valence-corrected chi connectivity index (χ1v) is 9.93. The molecule has 2 aromatic carbocycles. The van der Waals surface area contributed by atoms with Crippen LogP contribution >= 0.6 is 12.2 Å². The number of nitrogens with zero attached hydrogens (tertiary/aromatic N) is 2. The number of benzene rings is 2. The molecule has 0 spiro atoms. The number of non-ortho nitro benzene ring substituents is 1. The van der Waals surface area contributed by atoms with Gasteiger partial charge in [0.25, 0.3) is 5.69 Å². The van der Waals surface area contributed by atoms with Crippen molar-refractivity contribution in [3.63, 3.8) is 0 Å². The standard InChI is InChI=1S/C23H21N3O3S/c1-2-7-17-12-14-25(15-13-17)21(23(30)24-19-9-4-3-5-10-19)22(27)18-8-6-11-20(16-18)26(28)29/h3-6,8-16H,2,7H2,1H3,(H-,24,27,30). The Labute approximate surface area is 180 Å². The van der Waals surface area contributed by atoms with Crippen LogP contribution in [0, 0.1) is 10.1 Å². The molecule has 0 radical (unpaired) electrons. The van der Waals surface area contributed by atoms with E-state index in [1.54, 1.807) is 23.0 Å². The molecule has 0 unspecified atom stereocenters. The van der Waals surface area contributed by atoms with E-state index in [0.717, 1.165) is 24.1 Å². The average Bonchev–Trinajstić information content (AvgIpc) is 2.76. The number of nitro benzene ring substituents is 1. The Kier molecular flexibility index (Phi) is 6.87. The lowest BCUT2D eigenvalue weighted by Crippen LogP contribution is -2.40. The molecule has 0 aliphatic heterocycles. The lowest BCUT2D eigenvalue weighted by Gasteiger charge is -2.17. The first-order chi connectivity index (χ1) is 14.5. The van der Waals surface area contributed by atoms with Crippen molar-refractivity contribution in [2.45, 2.75) is 19.8 Å². The van der Waals surface area contributed by atoms with Crippen LogP contribution in [0.2, 0.25) is 0 Å². The molecule has 1 aromatic heterocycles. The highest BCUT2D eigenvalue weighted by Crippen LogP contribution is 2.21. The highest BCUT2D eigenvalue weighted by Gasteiger charge is 2.20. The quantitative estimate of drug-likeness (QED) is 0.157. The number of nitrogens with one attached hydrogen (secondary N) is 1. The molecule has 1 N–H and O–H groups in total. The largest absolute Gasteiger partial charge is 0.867 e. The summed E-state index contributed by atoms with van der Waals surface area (Å²) in [5.74, 6) is -0.402. The predicted octanol–water partition coefficient (Wildman–Crippen LogP) is 3.96. The number of aryl methyl sites for hydroxylation is 1. The van der Waals surface area contributed by atoms with Crippen molar-refractivity contribution in [3.05, 3.63) is 100 Å². The van der Waals surface area contributed by atoms with Crippen LogP contribution in [-0.2, 0) is 6.42 Å². The predicted molar refractivity (Wildman–Crippen MR) is 120 cm³/mol. The summed E-state index contributed by atoms with van der Waals surface area (Å²) in [6.45, 7) is 2.10. The number of rotatable bonds is 7. The summed E-state index contributed by atoms with van der Waals surface area (Å²) in [5.41, 5.74) is 2.16. The van der Waals surface area contributed by atoms with Crippen molar-refractivity contribution in [1.82, 2.24) is 0 Å². The Morgan fingerprint density at radius 3 is 2.40 bits per heavy atom. The van der Waals surface area contributed by atoms with Crippen molar-refractivity contribution in [2.24, 2.45) is 0 Å². The first-order valence-electron chi connectivity index (χ1n) is 9.52. The number of hydrogen-bond donors (Lipinski definition) is 1. The topological polar surface area (TPSA) is 82.1 Å². The van der Waals surface area contributed by atoms with E-state index >= 15 is 0 Å². The second-order valence-electron chi connectivity index (χ2n) is 6.67. The van der Waals surface area contributed by atoms with Gasteiger partial charge in [-0.15, -0.1) is 0 Å². The molecule has 0 saturated carbocycles. The van der Waals surface area contributed by atoms with Crippen LogP contribution in [-0.4, -0.2) is 9.91 Å². The van der Waals surface area contributed by atoms with Gasteiger partial charge in [-0.1, -0.05) is 55.9 Å². The number of nitro groups is 1. The molecular weight excluding hydrogens is 398 g/mol. The molecule has 0 saturated heterocycles. The van der Waals surface area contributed by atoms with E-state index < -0.39 is 10.7 Å². The summed E-state index contributed by atoms with van der Waals surface area (Å²) in [7, 11) is 0. The van der Waals surface area contributed by atoms with E-state index in [0.29, 0.717) is 0 Å². The summed E-state index contributed by atoms with van der Waals surface area (Å²) in [6, 6.07) is 18.8. The minimum atomic E-state index is -0.524. The van der Waals surface area contributed by atoms with Crippen LogP contribution in [0.3, 0.4) is 0 Å². The van der Waals surface area contributed by atoms with Crippen LogP contribution in [0.4, 0.5) is 11.4 Å². The van der Waals surface area contributed by atoms with Gasteiger partial charge in [-0.05, 0) is 35.4 Å². The van der Waals surface area contributed by atoms with Gasteiger partial charge in [0.2, 0.25) is 5.70 Å². The Hall–Kier alpha value is -3.58. The summed E-state index contributed by atoms with van der Waals surface area (Å²) in [6.07, 6.45) is 5.52. The number of thiocarbonyl (C=S) groups is 1. The Bertz CT molecular complexity index is 1080. The van der Waals surface area contributed by atoms with Crippen LogP contribution in [0.1, 0.15) is 24.5 Å². The van der Waals surface area contributed by atoms with Crippen molar-refractivity contribution < 1.29 is 14.6 Å². The van der Waals surface area contributed by atoms with Gasteiger partial charge < -0.3 is 10.4 Å². The zero-order valence-electron chi connectivity index (χ0n) is 16.4. The first kappa shape index (κ1) is 21.1. The Morgan fingerprint density at radius 1 is 1.07 bits per heavy atom. The molecule has 0 bridgehead atoms. The van der Waals surface area contributed by atoms with Crippen molar-refractivity contribution in [2.75, 3.05) is 5.32 Å². The van der Waals surface area contributed by atoms with Gasteiger partial charge in [-0.3, -0.25) is 10.1 Å². The van der Waals surface area contributed by atoms with Gasteiger partial charge in [0.15, 0.2) is 17.4 Å². The molecule has 0 aliphatic rings. The average molecular weight is 420 g/mol. The molecule has 3 rings (SSSR count). The maximum Gasteiger partial charge on any atom is 0.270 e. The molecule has 30 heavy (non-hydrogen) atoms. The normalized spacial score (nSPS) is 11.5. The molecule has 0 aliphatic carbocycles. The van der Waals surface area contributed by atoms with E-state index in [2.05, 4.69) is 12.2 Å². The zero-order valence-corrected chi connectivity index (χ0v) is 17.3. The van der Waals surface area contributed by atoms with Gasteiger partial charge in [-0.2, -0.15) is 4.57 Å². The number of aromatic nitrogens is 1. The van der Waals surface area contributed by atoms with Gasteiger partial charge in [0.1, 0.15) is 0 Å². The monoisotopic (exact) mass is 419 g/mol. The van der Waals surface area contributed by atoms with E-state index in [-0.39, 0.29) is 21.9 Å². The van der Waals surface area contributed by atoms with Crippen molar-refractivity contribution >= 4 is 40.0 Å². The van der Waals surface area contributed by atoms with Crippen LogP contribution in [0.5, 0.6) is 0 Å².